The maximum Gasteiger partial charge on any atom is 0.167 e. The van der Waals surface area contributed by atoms with Crippen LogP contribution in [0.25, 0.3) is 0 Å². The molecule has 1 aromatic carbocycles. The third-order valence-corrected chi connectivity index (χ3v) is 2.36. The Morgan fingerprint density at radius 1 is 1.25 bits per heavy atom. The Hall–Kier alpha value is -1.29. The van der Waals surface area contributed by atoms with Crippen molar-refractivity contribution >= 4 is 0 Å². The maximum absolute atomic E-state index is 14.0. The summed E-state index contributed by atoms with van der Waals surface area (Å²) in [7, 11) is 2.94. The van der Waals surface area contributed by atoms with Crippen LogP contribution < -0.4 is 9.47 Å². The molecule has 0 atom stereocenters. The van der Waals surface area contributed by atoms with Crippen LogP contribution in [-0.4, -0.2) is 19.3 Å². The van der Waals surface area contributed by atoms with Crippen molar-refractivity contribution in [1.82, 2.24) is 0 Å². The van der Waals surface area contributed by atoms with Gasteiger partial charge >= 0.3 is 0 Å². The number of halogens is 1. The fraction of sp³-hybridized carbons (Fsp3) is 0.500. The van der Waals surface area contributed by atoms with Gasteiger partial charge in [-0.2, -0.15) is 0 Å². The van der Waals surface area contributed by atoms with Gasteiger partial charge in [0.2, 0.25) is 0 Å². The van der Waals surface area contributed by atoms with Crippen LogP contribution in [0.15, 0.2) is 12.1 Å². The molecule has 0 saturated heterocycles. The molecule has 1 rings (SSSR count). The number of ether oxygens (including phenoxy) is 2. The summed E-state index contributed by atoms with van der Waals surface area (Å²) in [6, 6.07) is 3.22. The van der Waals surface area contributed by atoms with Gasteiger partial charge in [0.05, 0.1) is 20.8 Å². The lowest BCUT2D eigenvalue weighted by molar-refractivity contribution is 0.210. The molecule has 0 unspecified atom stereocenters. The highest BCUT2D eigenvalue weighted by atomic mass is 19.1. The second-order valence-corrected chi connectivity index (χ2v) is 4.01. The number of aliphatic hydroxyl groups is 1. The first-order valence-electron chi connectivity index (χ1n) is 4.99. The number of aliphatic hydroxyl groups excluding tert-OH is 1. The zero-order valence-electron chi connectivity index (χ0n) is 10.0. The molecule has 1 aromatic rings. The normalized spacial score (nSPS) is 11.4. The molecule has 16 heavy (non-hydrogen) atoms. The van der Waals surface area contributed by atoms with Gasteiger partial charge in [0.15, 0.2) is 11.5 Å². The predicted molar refractivity (Wildman–Crippen MR) is 59.6 cm³/mol. The van der Waals surface area contributed by atoms with E-state index in [4.69, 9.17) is 14.6 Å². The number of methoxy groups -OCH3 is 2. The summed E-state index contributed by atoms with van der Waals surface area (Å²) in [5.74, 6) is 0.793. The van der Waals surface area contributed by atoms with E-state index in [-0.39, 0.29) is 6.61 Å². The van der Waals surface area contributed by atoms with E-state index in [2.05, 4.69) is 0 Å². The predicted octanol–water partition coefficient (Wildman–Crippen LogP) is 2.40. The minimum absolute atomic E-state index is 0.163. The molecule has 0 radical (unpaired) electrons. The summed E-state index contributed by atoms with van der Waals surface area (Å²) in [6.07, 6.45) is 0. The molecular weight excluding hydrogens is 211 g/mol. The Bertz CT molecular complexity index is 369. The lowest BCUT2D eigenvalue weighted by Gasteiger charge is -2.21. The lowest BCUT2D eigenvalue weighted by Crippen LogP contribution is -2.12. The summed E-state index contributed by atoms with van der Waals surface area (Å²) in [5, 5.41) is 9.09. The van der Waals surface area contributed by atoms with Crippen molar-refractivity contribution in [2.24, 2.45) is 0 Å². The van der Waals surface area contributed by atoms with Crippen molar-refractivity contribution in [3.63, 3.8) is 0 Å². The van der Waals surface area contributed by atoms with Crippen LogP contribution in [0.1, 0.15) is 25.0 Å². The first kappa shape index (κ1) is 12.8. The molecule has 0 amide bonds. The molecule has 0 fully saturated rings. The number of rotatable bonds is 4. The maximum atomic E-state index is 14.0. The highest BCUT2D eigenvalue weighted by molar-refractivity contribution is 5.51. The largest absolute Gasteiger partial charge is 0.493 e. The highest BCUT2D eigenvalue weighted by Crippen LogP contribution is 2.40. The minimum atomic E-state index is -1.55. The van der Waals surface area contributed by atoms with Crippen LogP contribution in [0.5, 0.6) is 11.5 Å². The topological polar surface area (TPSA) is 38.7 Å². The highest BCUT2D eigenvalue weighted by Gasteiger charge is 2.26. The summed E-state index contributed by atoms with van der Waals surface area (Å²) in [4.78, 5) is 0. The molecule has 90 valence electrons. The average molecular weight is 228 g/mol. The van der Waals surface area contributed by atoms with Crippen LogP contribution in [0, 0.1) is 0 Å². The van der Waals surface area contributed by atoms with Crippen molar-refractivity contribution in [3.8, 4) is 11.5 Å². The standard InChI is InChI=1S/C12H17FO3/c1-12(2,13)9-5-8(7-14)6-10(15-3)11(9)16-4/h5-6,14H,7H2,1-4H3. The Morgan fingerprint density at radius 2 is 1.88 bits per heavy atom. The fourth-order valence-corrected chi connectivity index (χ4v) is 1.55. The number of hydrogen-bond donors (Lipinski definition) is 1. The second-order valence-electron chi connectivity index (χ2n) is 4.01. The fourth-order valence-electron chi connectivity index (χ4n) is 1.55. The third-order valence-electron chi connectivity index (χ3n) is 2.36. The first-order chi connectivity index (χ1) is 7.43. The average Bonchev–Trinajstić information content (AvgIpc) is 2.25. The molecule has 0 saturated carbocycles. The van der Waals surface area contributed by atoms with Gasteiger partial charge in [-0.3, -0.25) is 0 Å². The molecule has 3 nitrogen and oxygen atoms in total. The summed E-state index contributed by atoms with van der Waals surface area (Å²) < 4.78 is 24.2. The van der Waals surface area contributed by atoms with Crippen LogP contribution >= 0.6 is 0 Å². The SMILES string of the molecule is COc1cc(CO)cc(C(C)(C)F)c1OC. The molecular formula is C12H17FO3. The van der Waals surface area contributed by atoms with Gasteiger partial charge in [0.1, 0.15) is 5.67 Å². The summed E-state index contributed by atoms with van der Waals surface area (Å²) in [6.45, 7) is 2.71. The van der Waals surface area contributed by atoms with Gasteiger partial charge in [-0.25, -0.2) is 4.39 Å². The lowest BCUT2D eigenvalue weighted by atomic mass is 9.96. The van der Waals surface area contributed by atoms with Crippen molar-refractivity contribution in [2.75, 3.05) is 14.2 Å². The Labute approximate surface area is 94.8 Å². The van der Waals surface area contributed by atoms with Crippen LogP contribution in [0.3, 0.4) is 0 Å². The molecule has 1 N–H and O–H groups in total. The Balaban J connectivity index is 3.43. The number of hydrogen-bond acceptors (Lipinski definition) is 3. The van der Waals surface area contributed by atoms with E-state index in [0.717, 1.165) is 0 Å². The summed E-state index contributed by atoms with van der Waals surface area (Å²) in [5.41, 5.74) is -0.583. The van der Waals surface area contributed by atoms with Crippen molar-refractivity contribution in [2.45, 2.75) is 26.1 Å². The molecule has 0 aliphatic heterocycles. The van der Waals surface area contributed by atoms with Crippen molar-refractivity contribution in [3.05, 3.63) is 23.3 Å². The molecule has 0 heterocycles. The van der Waals surface area contributed by atoms with E-state index in [1.807, 2.05) is 0 Å². The number of alkyl halides is 1. The molecule has 0 aliphatic carbocycles. The molecule has 0 spiro atoms. The van der Waals surface area contributed by atoms with Crippen molar-refractivity contribution < 1.29 is 19.0 Å². The van der Waals surface area contributed by atoms with Crippen molar-refractivity contribution in [1.29, 1.82) is 0 Å². The van der Waals surface area contributed by atoms with Gasteiger partial charge in [0, 0.05) is 5.56 Å². The van der Waals surface area contributed by atoms with Gasteiger partial charge in [-0.1, -0.05) is 0 Å². The van der Waals surface area contributed by atoms with E-state index < -0.39 is 5.67 Å². The van der Waals surface area contributed by atoms with Gasteiger partial charge < -0.3 is 14.6 Å². The van der Waals surface area contributed by atoms with Gasteiger partial charge in [-0.15, -0.1) is 0 Å². The van der Waals surface area contributed by atoms with Crippen LogP contribution in [0.2, 0.25) is 0 Å². The first-order valence-corrected chi connectivity index (χ1v) is 4.99. The zero-order chi connectivity index (χ0) is 12.3. The number of benzene rings is 1. The molecule has 0 aliphatic rings. The third kappa shape index (κ3) is 2.44. The molecule has 0 aromatic heterocycles. The minimum Gasteiger partial charge on any atom is -0.493 e. The van der Waals surface area contributed by atoms with E-state index in [0.29, 0.717) is 22.6 Å². The Morgan fingerprint density at radius 3 is 2.25 bits per heavy atom. The molecule has 4 heteroatoms. The van der Waals surface area contributed by atoms with E-state index >= 15 is 0 Å². The monoisotopic (exact) mass is 228 g/mol. The Kier molecular flexibility index (Phi) is 3.75. The molecule has 0 bridgehead atoms. The van der Waals surface area contributed by atoms with Crippen LogP contribution in [0.4, 0.5) is 4.39 Å². The van der Waals surface area contributed by atoms with Gasteiger partial charge in [0.25, 0.3) is 0 Å². The zero-order valence-corrected chi connectivity index (χ0v) is 10.0. The van der Waals surface area contributed by atoms with E-state index in [1.165, 1.54) is 28.1 Å². The summed E-state index contributed by atoms with van der Waals surface area (Å²) >= 11 is 0. The second kappa shape index (κ2) is 4.70. The van der Waals surface area contributed by atoms with E-state index in [9.17, 15) is 4.39 Å². The quantitative estimate of drug-likeness (QED) is 0.860. The van der Waals surface area contributed by atoms with Crippen LogP contribution in [-0.2, 0) is 12.3 Å². The smallest absolute Gasteiger partial charge is 0.167 e. The van der Waals surface area contributed by atoms with E-state index in [1.54, 1.807) is 12.1 Å². The van der Waals surface area contributed by atoms with Gasteiger partial charge in [-0.05, 0) is 31.5 Å².